The Balaban J connectivity index is 2.72. The third-order valence-corrected chi connectivity index (χ3v) is 2.42. The van der Waals surface area contributed by atoms with Crippen LogP contribution in [0.15, 0.2) is 18.2 Å². The van der Waals surface area contributed by atoms with Gasteiger partial charge in [0.05, 0.1) is 6.10 Å². The monoisotopic (exact) mass is 230 g/mol. The standard InChI is InChI=1S/C12H16F2O2/c1-8(7-16-2)6-11(15)9-4-3-5-10(13)12(9)14/h3-5,8,11,15H,6-7H2,1-2H3. The molecule has 16 heavy (non-hydrogen) atoms. The van der Waals surface area contributed by atoms with Crippen molar-refractivity contribution in [2.45, 2.75) is 19.4 Å². The Labute approximate surface area is 93.9 Å². The molecule has 1 aromatic rings. The molecule has 0 saturated heterocycles. The molecular formula is C12H16F2O2. The van der Waals surface area contributed by atoms with E-state index in [1.165, 1.54) is 12.1 Å². The molecule has 2 nitrogen and oxygen atoms in total. The first kappa shape index (κ1) is 13.1. The van der Waals surface area contributed by atoms with Gasteiger partial charge in [0.2, 0.25) is 0 Å². The summed E-state index contributed by atoms with van der Waals surface area (Å²) in [7, 11) is 1.56. The fraction of sp³-hybridized carbons (Fsp3) is 0.500. The minimum Gasteiger partial charge on any atom is -0.388 e. The van der Waals surface area contributed by atoms with E-state index in [1.54, 1.807) is 7.11 Å². The summed E-state index contributed by atoms with van der Waals surface area (Å²) in [6, 6.07) is 3.81. The quantitative estimate of drug-likeness (QED) is 0.842. The van der Waals surface area contributed by atoms with Crippen molar-refractivity contribution < 1.29 is 18.6 Å². The summed E-state index contributed by atoms with van der Waals surface area (Å²) in [5.41, 5.74) is 0.00273. The first-order valence-electron chi connectivity index (χ1n) is 5.17. The number of aliphatic hydroxyl groups excluding tert-OH is 1. The molecule has 0 amide bonds. The molecule has 2 unspecified atom stereocenters. The second kappa shape index (κ2) is 5.92. The van der Waals surface area contributed by atoms with Crippen LogP contribution in [0, 0.1) is 17.6 Å². The largest absolute Gasteiger partial charge is 0.388 e. The van der Waals surface area contributed by atoms with E-state index in [9.17, 15) is 13.9 Å². The fourth-order valence-electron chi connectivity index (χ4n) is 1.64. The van der Waals surface area contributed by atoms with Crippen molar-refractivity contribution in [3.8, 4) is 0 Å². The summed E-state index contributed by atoms with van der Waals surface area (Å²) in [6.07, 6.45) is -0.658. The average Bonchev–Trinajstić information content (AvgIpc) is 2.22. The smallest absolute Gasteiger partial charge is 0.164 e. The Bertz CT molecular complexity index is 342. The van der Waals surface area contributed by atoms with Crippen molar-refractivity contribution in [1.29, 1.82) is 0 Å². The molecule has 0 radical (unpaired) electrons. The number of ether oxygens (including phenoxy) is 1. The van der Waals surface area contributed by atoms with Gasteiger partial charge in [0, 0.05) is 19.3 Å². The minimum atomic E-state index is -0.999. The van der Waals surface area contributed by atoms with Gasteiger partial charge < -0.3 is 9.84 Å². The van der Waals surface area contributed by atoms with E-state index in [2.05, 4.69) is 0 Å². The molecule has 0 saturated carbocycles. The summed E-state index contributed by atoms with van der Waals surface area (Å²) in [6.45, 7) is 2.36. The number of hydrogen-bond donors (Lipinski definition) is 1. The van der Waals surface area contributed by atoms with Crippen LogP contribution in [0.3, 0.4) is 0 Å². The molecule has 90 valence electrons. The van der Waals surface area contributed by atoms with Crippen LogP contribution in [-0.2, 0) is 4.74 Å². The molecule has 1 N–H and O–H groups in total. The zero-order chi connectivity index (χ0) is 12.1. The lowest BCUT2D eigenvalue weighted by Gasteiger charge is -2.16. The Morgan fingerprint density at radius 1 is 1.38 bits per heavy atom. The zero-order valence-corrected chi connectivity index (χ0v) is 9.41. The number of benzene rings is 1. The molecule has 0 aliphatic heterocycles. The van der Waals surface area contributed by atoms with Gasteiger partial charge in [-0.25, -0.2) is 8.78 Å². The van der Waals surface area contributed by atoms with Crippen LogP contribution in [0.2, 0.25) is 0 Å². The highest BCUT2D eigenvalue weighted by atomic mass is 19.2. The molecule has 0 aliphatic rings. The minimum absolute atomic E-state index is 0.00273. The fourth-order valence-corrected chi connectivity index (χ4v) is 1.64. The molecule has 0 aromatic heterocycles. The van der Waals surface area contributed by atoms with Gasteiger partial charge >= 0.3 is 0 Å². The molecule has 0 bridgehead atoms. The lowest BCUT2D eigenvalue weighted by molar-refractivity contribution is 0.0992. The molecule has 4 heteroatoms. The number of rotatable bonds is 5. The van der Waals surface area contributed by atoms with Gasteiger partial charge in [-0.3, -0.25) is 0 Å². The van der Waals surface area contributed by atoms with E-state index in [4.69, 9.17) is 4.74 Å². The number of halogens is 2. The highest BCUT2D eigenvalue weighted by molar-refractivity contribution is 5.21. The van der Waals surface area contributed by atoms with Crippen LogP contribution in [-0.4, -0.2) is 18.8 Å². The summed E-state index contributed by atoms with van der Waals surface area (Å²) in [4.78, 5) is 0. The molecule has 2 atom stereocenters. The van der Waals surface area contributed by atoms with Gasteiger partial charge in [0.15, 0.2) is 11.6 Å². The van der Waals surface area contributed by atoms with E-state index in [0.717, 1.165) is 6.07 Å². The van der Waals surface area contributed by atoms with Crippen molar-refractivity contribution >= 4 is 0 Å². The summed E-state index contributed by atoms with van der Waals surface area (Å²) in [5.74, 6) is -1.82. The van der Waals surface area contributed by atoms with Gasteiger partial charge in [0.25, 0.3) is 0 Å². The van der Waals surface area contributed by atoms with Crippen molar-refractivity contribution in [1.82, 2.24) is 0 Å². The normalized spacial score (nSPS) is 14.8. The Morgan fingerprint density at radius 2 is 2.06 bits per heavy atom. The number of hydrogen-bond acceptors (Lipinski definition) is 2. The van der Waals surface area contributed by atoms with Crippen LogP contribution in [0.25, 0.3) is 0 Å². The highest BCUT2D eigenvalue weighted by Crippen LogP contribution is 2.24. The Kier molecular flexibility index (Phi) is 4.83. The van der Waals surface area contributed by atoms with Crippen LogP contribution >= 0.6 is 0 Å². The predicted octanol–water partition coefficient (Wildman–Crippen LogP) is 2.67. The summed E-state index contributed by atoms with van der Waals surface area (Å²) >= 11 is 0. The van der Waals surface area contributed by atoms with Crippen LogP contribution in [0.4, 0.5) is 8.78 Å². The van der Waals surface area contributed by atoms with Crippen LogP contribution < -0.4 is 0 Å². The van der Waals surface area contributed by atoms with Gasteiger partial charge in [-0.2, -0.15) is 0 Å². The SMILES string of the molecule is COCC(C)CC(O)c1cccc(F)c1F. The van der Waals surface area contributed by atoms with E-state index in [1.807, 2.05) is 6.92 Å². The molecule has 1 rings (SSSR count). The second-order valence-corrected chi connectivity index (χ2v) is 3.96. The lowest BCUT2D eigenvalue weighted by atomic mass is 9.98. The molecule has 0 aliphatic carbocycles. The van der Waals surface area contributed by atoms with Crippen LogP contribution in [0.1, 0.15) is 25.0 Å². The topological polar surface area (TPSA) is 29.5 Å². The molecule has 0 spiro atoms. The van der Waals surface area contributed by atoms with E-state index in [-0.39, 0.29) is 11.5 Å². The van der Waals surface area contributed by atoms with Gasteiger partial charge in [-0.1, -0.05) is 19.1 Å². The average molecular weight is 230 g/mol. The van der Waals surface area contributed by atoms with Gasteiger partial charge in [-0.05, 0) is 18.4 Å². The Morgan fingerprint density at radius 3 is 2.69 bits per heavy atom. The van der Waals surface area contributed by atoms with Crippen molar-refractivity contribution in [3.05, 3.63) is 35.4 Å². The third kappa shape index (κ3) is 3.25. The zero-order valence-electron chi connectivity index (χ0n) is 9.41. The molecule has 0 heterocycles. The number of methoxy groups -OCH3 is 1. The van der Waals surface area contributed by atoms with Crippen molar-refractivity contribution in [2.75, 3.05) is 13.7 Å². The maximum atomic E-state index is 13.3. The van der Waals surface area contributed by atoms with E-state index >= 15 is 0 Å². The first-order chi connectivity index (χ1) is 7.56. The molecule has 1 aromatic carbocycles. The number of aliphatic hydroxyl groups is 1. The first-order valence-corrected chi connectivity index (χ1v) is 5.17. The maximum Gasteiger partial charge on any atom is 0.164 e. The predicted molar refractivity (Wildman–Crippen MR) is 57.0 cm³/mol. The van der Waals surface area contributed by atoms with Crippen molar-refractivity contribution in [2.24, 2.45) is 5.92 Å². The van der Waals surface area contributed by atoms with Crippen LogP contribution in [0.5, 0.6) is 0 Å². The third-order valence-electron chi connectivity index (χ3n) is 2.42. The summed E-state index contributed by atoms with van der Waals surface area (Å²) < 4.78 is 31.2. The molecular weight excluding hydrogens is 214 g/mol. The highest BCUT2D eigenvalue weighted by Gasteiger charge is 2.18. The Hall–Kier alpha value is -1.00. The van der Waals surface area contributed by atoms with Gasteiger partial charge in [-0.15, -0.1) is 0 Å². The maximum absolute atomic E-state index is 13.3. The molecule has 0 fully saturated rings. The lowest BCUT2D eigenvalue weighted by Crippen LogP contribution is -2.11. The van der Waals surface area contributed by atoms with Crippen molar-refractivity contribution in [3.63, 3.8) is 0 Å². The second-order valence-electron chi connectivity index (χ2n) is 3.96. The van der Waals surface area contributed by atoms with E-state index < -0.39 is 17.7 Å². The van der Waals surface area contributed by atoms with Gasteiger partial charge in [0.1, 0.15) is 0 Å². The summed E-state index contributed by atoms with van der Waals surface area (Å²) in [5, 5.41) is 9.76. The van der Waals surface area contributed by atoms with E-state index in [0.29, 0.717) is 13.0 Å².